The average Bonchev–Trinajstić information content (AvgIpc) is 3.29. The number of aromatic nitrogens is 2. The van der Waals surface area contributed by atoms with Gasteiger partial charge in [0.2, 0.25) is 5.95 Å². The lowest BCUT2D eigenvalue weighted by atomic mass is 10.2. The summed E-state index contributed by atoms with van der Waals surface area (Å²) in [5, 5.41) is 4.44. The lowest BCUT2D eigenvalue weighted by Gasteiger charge is -2.17. The van der Waals surface area contributed by atoms with Crippen molar-refractivity contribution in [2.75, 3.05) is 28.0 Å². The maximum absolute atomic E-state index is 12.3. The van der Waals surface area contributed by atoms with Gasteiger partial charge in [-0.15, -0.1) is 0 Å². The van der Waals surface area contributed by atoms with E-state index in [2.05, 4.69) is 24.9 Å². The van der Waals surface area contributed by atoms with Crippen LogP contribution in [0.15, 0.2) is 66.1 Å². The van der Waals surface area contributed by atoms with Gasteiger partial charge in [0.25, 0.3) is 10.0 Å². The molecular formula is C23H25N5O2S. The molecular weight excluding hydrogens is 410 g/mol. The van der Waals surface area contributed by atoms with Crippen LogP contribution in [0.5, 0.6) is 0 Å². The highest BCUT2D eigenvalue weighted by molar-refractivity contribution is 7.95. The molecule has 2 aromatic carbocycles. The number of hydrogen-bond donors (Lipinski definition) is 2. The molecule has 1 saturated heterocycles. The van der Waals surface area contributed by atoms with Gasteiger partial charge in [0.05, 0.1) is 5.41 Å². The number of nitrogens with one attached hydrogen (secondary N) is 2. The summed E-state index contributed by atoms with van der Waals surface area (Å²) in [5.41, 5.74) is 3.02. The zero-order valence-electron chi connectivity index (χ0n) is 17.3. The van der Waals surface area contributed by atoms with E-state index in [1.807, 2.05) is 55.5 Å². The number of aryl methyl sites for hydroxylation is 1. The average molecular weight is 436 g/mol. The Kier molecular flexibility index (Phi) is 6.18. The van der Waals surface area contributed by atoms with Crippen molar-refractivity contribution in [3.8, 4) is 0 Å². The van der Waals surface area contributed by atoms with Crippen LogP contribution in [0.3, 0.4) is 0 Å². The van der Waals surface area contributed by atoms with Crippen molar-refractivity contribution in [3.05, 3.63) is 77.3 Å². The fourth-order valence-corrected chi connectivity index (χ4v) is 4.24. The maximum Gasteiger partial charge on any atom is 0.255 e. The van der Waals surface area contributed by atoms with Crippen molar-refractivity contribution >= 4 is 39.2 Å². The molecule has 31 heavy (non-hydrogen) atoms. The number of hydrogen-bond acceptors (Lipinski definition) is 6. The summed E-state index contributed by atoms with van der Waals surface area (Å²) in [4.78, 5) is 11.4. The van der Waals surface area contributed by atoms with E-state index in [4.69, 9.17) is 0 Å². The van der Waals surface area contributed by atoms with Crippen molar-refractivity contribution in [1.82, 2.24) is 9.97 Å². The third kappa shape index (κ3) is 5.82. The van der Waals surface area contributed by atoms with E-state index >= 15 is 0 Å². The van der Waals surface area contributed by atoms with Gasteiger partial charge in [0, 0.05) is 36.2 Å². The Morgan fingerprint density at radius 2 is 1.61 bits per heavy atom. The van der Waals surface area contributed by atoms with E-state index in [0.717, 1.165) is 54.2 Å². The number of rotatable bonds is 7. The molecule has 0 spiro atoms. The predicted molar refractivity (Wildman–Crippen MR) is 126 cm³/mol. The molecule has 0 radical (unpaired) electrons. The summed E-state index contributed by atoms with van der Waals surface area (Å²) in [7, 11) is -3.60. The smallest absolute Gasteiger partial charge is 0.255 e. The molecule has 7 nitrogen and oxygen atoms in total. The molecule has 3 aromatic rings. The first kappa shape index (κ1) is 20.9. The van der Waals surface area contributed by atoms with Crippen molar-refractivity contribution in [1.29, 1.82) is 0 Å². The first-order valence-electron chi connectivity index (χ1n) is 10.2. The SMILES string of the molecule is Cc1cc(Nc2ccc(NS(=O)(=O)/C=C/c3ccccc3)cc2)nc(N2CCCC2)n1. The van der Waals surface area contributed by atoms with Crippen molar-refractivity contribution in [2.24, 2.45) is 0 Å². The molecule has 0 amide bonds. The Hall–Kier alpha value is -3.39. The molecule has 0 atom stereocenters. The summed E-state index contributed by atoms with van der Waals surface area (Å²) in [6.45, 7) is 3.92. The predicted octanol–water partition coefficient (Wildman–Crippen LogP) is 4.54. The van der Waals surface area contributed by atoms with Gasteiger partial charge in [-0.3, -0.25) is 4.72 Å². The summed E-state index contributed by atoms with van der Waals surface area (Å²) in [5.74, 6) is 1.46. The van der Waals surface area contributed by atoms with E-state index in [1.165, 1.54) is 0 Å². The highest BCUT2D eigenvalue weighted by Gasteiger charge is 2.16. The molecule has 1 fully saturated rings. The third-order valence-corrected chi connectivity index (χ3v) is 5.90. The number of anilines is 4. The van der Waals surface area contributed by atoms with Crippen LogP contribution < -0.4 is 14.9 Å². The van der Waals surface area contributed by atoms with Crippen LogP contribution in [0.25, 0.3) is 6.08 Å². The second kappa shape index (κ2) is 9.18. The molecule has 1 aliphatic rings. The second-order valence-corrected chi connectivity index (χ2v) is 9.02. The van der Waals surface area contributed by atoms with Gasteiger partial charge in [0.1, 0.15) is 5.82 Å². The Morgan fingerprint density at radius 3 is 2.32 bits per heavy atom. The lowest BCUT2D eigenvalue weighted by molar-refractivity contribution is 0.609. The van der Waals surface area contributed by atoms with Crippen LogP contribution in [0.4, 0.5) is 23.1 Å². The van der Waals surface area contributed by atoms with E-state index < -0.39 is 10.0 Å². The molecule has 160 valence electrons. The van der Waals surface area contributed by atoms with Crippen molar-refractivity contribution in [3.63, 3.8) is 0 Å². The van der Waals surface area contributed by atoms with Crippen molar-refractivity contribution in [2.45, 2.75) is 19.8 Å². The number of sulfonamides is 1. The minimum Gasteiger partial charge on any atom is -0.341 e. The van der Waals surface area contributed by atoms with E-state index in [9.17, 15) is 8.42 Å². The highest BCUT2D eigenvalue weighted by Crippen LogP contribution is 2.22. The summed E-state index contributed by atoms with van der Waals surface area (Å²) < 4.78 is 27.2. The number of benzene rings is 2. The summed E-state index contributed by atoms with van der Waals surface area (Å²) in [6.07, 6.45) is 3.89. The zero-order chi connectivity index (χ0) is 21.7. The largest absolute Gasteiger partial charge is 0.341 e. The molecule has 4 rings (SSSR count). The van der Waals surface area contributed by atoms with Crippen LogP contribution in [0.1, 0.15) is 24.1 Å². The second-order valence-electron chi connectivity index (χ2n) is 7.45. The molecule has 1 aliphatic heterocycles. The van der Waals surface area contributed by atoms with Gasteiger partial charge in [-0.2, -0.15) is 4.98 Å². The van der Waals surface area contributed by atoms with Crippen LogP contribution in [-0.4, -0.2) is 31.5 Å². The van der Waals surface area contributed by atoms with Gasteiger partial charge in [-0.05, 0) is 55.7 Å². The molecule has 8 heteroatoms. The zero-order valence-corrected chi connectivity index (χ0v) is 18.1. The lowest BCUT2D eigenvalue weighted by Crippen LogP contribution is -2.21. The van der Waals surface area contributed by atoms with Crippen LogP contribution >= 0.6 is 0 Å². The molecule has 2 N–H and O–H groups in total. The standard InChI is InChI=1S/C23H25N5O2S/c1-18-17-22(26-23(24-18)28-14-5-6-15-28)25-20-9-11-21(12-10-20)27-31(29,30)16-13-19-7-3-2-4-8-19/h2-4,7-13,16-17,27H,5-6,14-15H2,1H3,(H,24,25,26)/b16-13+. The fourth-order valence-electron chi connectivity index (χ4n) is 3.38. The fraction of sp³-hybridized carbons (Fsp3) is 0.217. The van der Waals surface area contributed by atoms with Crippen LogP contribution in [-0.2, 0) is 10.0 Å². The van der Waals surface area contributed by atoms with Gasteiger partial charge in [-0.25, -0.2) is 13.4 Å². The normalized spacial score (nSPS) is 14.2. The molecule has 2 heterocycles. The third-order valence-electron chi connectivity index (χ3n) is 4.89. The minimum absolute atomic E-state index is 0.486. The summed E-state index contributed by atoms with van der Waals surface area (Å²) in [6, 6.07) is 18.2. The van der Waals surface area contributed by atoms with Gasteiger partial charge >= 0.3 is 0 Å². The monoisotopic (exact) mass is 435 g/mol. The Morgan fingerprint density at radius 1 is 0.935 bits per heavy atom. The Labute approximate surface area is 182 Å². The quantitative estimate of drug-likeness (QED) is 0.566. The minimum atomic E-state index is -3.60. The first-order chi connectivity index (χ1) is 15.0. The first-order valence-corrected chi connectivity index (χ1v) is 11.8. The van der Waals surface area contributed by atoms with Gasteiger partial charge < -0.3 is 10.2 Å². The van der Waals surface area contributed by atoms with Crippen LogP contribution in [0, 0.1) is 6.92 Å². The van der Waals surface area contributed by atoms with E-state index in [0.29, 0.717) is 11.5 Å². The number of nitrogens with zero attached hydrogens (tertiary/aromatic N) is 3. The molecule has 0 unspecified atom stereocenters. The molecule has 0 saturated carbocycles. The van der Waals surface area contributed by atoms with Crippen molar-refractivity contribution < 1.29 is 8.42 Å². The Balaban J connectivity index is 1.42. The van der Waals surface area contributed by atoms with E-state index in [-0.39, 0.29) is 0 Å². The van der Waals surface area contributed by atoms with E-state index in [1.54, 1.807) is 18.2 Å². The Bertz CT molecular complexity index is 1160. The highest BCUT2D eigenvalue weighted by atomic mass is 32.2. The van der Waals surface area contributed by atoms with Gasteiger partial charge in [-0.1, -0.05) is 30.3 Å². The summed E-state index contributed by atoms with van der Waals surface area (Å²) >= 11 is 0. The van der Waals surface area contributed by atoms with Gasteiger partial charge in [0.15, 0.2) is 0 Å². The maximum atomic E-state index is 12.3. The topological polar surface area (TPSA) is 87.2 Å². The van der Waals surface area contributed by atoms with Crippen LogP contribution in [0.2, 0.25) is 0 Å². The molecule has 1 aromatic heterocycles. The molecule has 0 aliphatic carbocycles. The molecule has 0 bridgehead atoms.